The molecule has 0 aliphatic heterocycles. The summed E-state index contributed by atoms with van der Waals surface area (Å²) in [5, 5.41) is 7.52. The van der Waals surface area contributed by atoms with Crippen LogP contribution in [0.4, 0.5) is 5.69 Å². The highest BCUT2D eigenvalue weighted by Gasteiger charge is 2.08. The Bertz CT molecular complexity index is 986. The number of hydrogen-bond donors (Lipinski definition) is 2. The molecule has 3 aromatic carbocycles. The van der Waals surface area contributed by atoms with Gasteiger partial charge >= 0.3 is 5.97 Å². The van der Waals surface area contributed by atoms with Crippen LogP contribution in [0.1, 0.15) is 21.5 Å². The predicted octanol–water partition coefficient (Wildman–Crippen LogP) is 4.53. The molecule has 5 nitrogen and oxygen atoms in total. The van der Waals surface area contributed by atoms with Gasteiger partial charge in [-0.25, -0.2) is 4.79 Å². The minimum absolute atomic E-state index is 0.385. The fourth-order valence-electron chi connectivity index (χ4n) is 2.41. The van der Waals surface area contributed by atoms with Gasteiger partial charge in [0.05, 0.1) is 11.8 Å². The van der Waals surface area contributed by atoms with Gasteiger partial charge in [-0.15, -0.1) is 0 Å². The Balaban J connectivity index is 1.52. The van der Waals surface area contributed by atoms with Gasteiger partial charge in [-0.05, 0) is 73.2 Å². The Kier molecular flexibility index (Phi) is 6.49. The van der Waals surface area contributed by atoms with Crippen molar-refractivity contribution >= 4 is 35.2 Å². The Hall–Kier alpha value is -3.51. The summed E-state index contributed by atoms with van der Waals surface area (Å²) >= 11 is 5.18. The van der Waals surface area contributed by atoms with Crippen LogP contribution in [0.5, 0.6) is 5.75 Å². The number of thiocarbonyl (C=S) groups is 1. The Morgan fingerprint density at radius 2 is 1.75 bits per heavy atom. The first-order valence-corrected chi connectivity index (χ1v) is 9.05. The largest absolute Gasteiger partial charge is 0.423 e. The molecule has 0 aromatic heterocycles. The quantitative estimate of drug-likeness (QED) is 0.221. The smallest absolute Gasteiger partial charge is 0.343 e. The Labute approximate surface area is 169 Å². The van der Waals surface area contributed by atoms with Crippen LogP contribution in [0.2, 0.25) is 0 Å². The summed E-state index contributed by atoms with van der Waals surface area (Å²) in [6, 6.07) is 23.9. The second-order valence-corrected chi connectivity index (χ2v) is 6.43. The van der Waals surface area contributed by atoms with Crippen molar-refractivity contribution < 1.29 is 9.53 Å². The molecule has 3 rings (SSSR count). The van der Waals surface area contributed by atoms with E-state index in [2.05, 4.69) is 15.8 Å². The summed E-state index contributed by atoms with van der Waals surface area (Å²) in [6.07, 6.45) is 1.63. The molecule has 140 valence electrons. The van der Waals surface area contributed by atoms with Crippen LogP contribution in [-0.2, 0) is 0 Å². The lowest BCUT2D eigenvalue weighted by atomic mass is 10.1. The van der Waals surface area contributed by atoms with Crippen LogP contribution >= 0.6 is 12.2 Å². The summed E-state index contributed by atoms with van der Waals surface area (Å²) < 4.78 is 5.39. The van der Waals surface area contributed by atoms with Crippen LogP contribution in [0.15, 0.2) is 84.0 Å². The molecule has 0 atom stereocenters. The van der Waals surface area contributed by atoms with Gasteiger partial charge in [-0.2, -0.15) is 5.10 Å². The molecular weight excluding hydrogens is 370 g/mol. The molecule has 0 saturated heterocycles. The normalized spacial score (nSPS) is 10.5. The molecule has 28 heavy (non-hydrogen) atoms. The van der Waals surface area contributed by atoms with Crippen molar-refractivity contribution in [3.05, 3.63) is 95.6 Å². The van der Waals surface area contributed by atoms with E-state index in [0.717, 1.165) is 16.8 Å². The van der Waals surface area contributed by atoms with Gasteiger partial charge < -0.3 is 10.1 Å². The third kappa shape index (κ3) is 5.75. The van der Waals surface area contributed by atoms with E-state index in [1.807, 2.05) is 49.4 Å². The first kappa shape index (κ1) is 19.3. The molecule has 0 aliphatic carbocycles. The van der Waals surface area contributed by atoms with Crippen LogP contribution in [0, 0.1) is 6.92 Å². The standard InChI is InChI=1S/C22H19N3O2S/c1-16-6-5-7-18(14-16)21(26)27-20-12-10-17(11-13-20)15-23-25-22(28)24-19-8-3-2-4-9-19/h2-15H,1H3,(H2,24,25,28)/b23-15+. The second-order valence-electron chi connectivity index (χ2n) is 6.02. The third-order valence-corrected chi connectivity index (χ3v) is 3.95. The van der Waals surface area contributed by atoms with E-state index in [0.29, 0.717) is 16.4 Å². The van der Waals surface area contributed by atoms with E-state index in [1.54, 1.807) is 42.6 Å². The first-order chi connectivity index (χ1) is 13.6. The number of nitrogens with one attached hydrogen (secondary N) is 2. The molecule has 6 heteroatoms. The van der Waals surface area contributed by atoms with Crippen molar-refractivity contribution in [3.63, 3.8) is 0 Å². The SMILES string of the molecule is Cc1cccc(C(=O)Oc2ccc(/C=N/NC(=S)Nc3ccccc3)cc2)c1. The predicted molar refractivity (Wildman–Crippen MR) is 116 cm³/mol. The minimum Gasteiger partial charge on any atom is -0.423 e. The van der Waals surface area contributed by atoms with E-state index in [9.17, 15) is 4.79 Å². The number of esters is 1. The van der Waals surface area contributed by atoms with Crippen molar-refractivity contribution in [3.8, 4) is 5.75 Å². The number of rotatable bonds is 5. The van der Waals surface area contributed by atoms with Crippen molar-refractivity contribution in [2.75, 3.05) is 5.32 Å². The summed E-state index contributed by atoms with van der Waals surface area (Å²) in [5.74, 6) is 0.0852. The number of hydrogen-bond acceptors (Lipinski definition) is 4. The van der Waals surface area contributed by atoms with Crippen molar-refractivity contribution in [1.82, 2.24) is 5.43 Å². The molecule has 3 aromatic rings. The molecule has 0 aliphatic rings. The number of aryl methyl sites for hydroxylation is 1. The fraction of sp³-hybridized carbons (Fsp3) is 0.0455. The molecule has 2 N–H and O–H groups in total. The highest BCUT2D eigenvalue weighted by molar-refractivity contribution is 7.80. The molecule has 0 radical (unpaired) electrons. The molecule has 0 bridgehead atoms. The van der Waals surface area contributed by atoms with E-state index in [4.69, 9.17) is 17.0 Å². The fourth-order valence-corrected chi connectivity index (χ4v) is 2.58. The maximum absolute atomic E-state index is 12.2. The topological polar surface area (TPSA) is 62.7 Å². The van der Waals surface area contributed by atoms with Crippen LogP contribution in [0.25, 0.3) is 0 Å². The molecular formula is C22H19N3O2S. The van der Waals surface area contributed by atoms with Crippen LogP contribution < -0.4 is 15.5 Å². The second kappa shape index (κ2) is 9.43. The molecule has 0 spiro atoms. The summed E-state index contributed by atoms with van der Waals surface area (Å²) in [5.41, 5.74) is 6.01. The first-order valence-electron chi connectivity index (χ1n) is 8.64. The zero-order valence-electron chi connectivity index (χ0n) is 15.3. The average molecular weight is 389 g/mol. The van der Waals surface area contributed by atoms with Gasteiger partial charge in [0.25, 0.3) is 0 Å². The van der Waals surface area contributed by atoms with E-state index in [1.165, 1.54) is 0 Å². The van der Waals surface area contributed by atoms with Crippen molar-refractivity contribution in [1.29, 1.82) is 0 Å². The monoisotopic (exact) mass is 389 g/mol. The maximum atomic E-state index is 12.2. The molecule has 0 amide bonds. The molecule has 0 unspecified atom stereocenters. The van der Waals surface area contributed by atoms with E-state index < -0.39 is 0 Å². The van der Waals surface area contributed by atoms with Crippen molar-refractivity contribution in [2.24, 2.45) is 5.10 Å². The number of hydrazone groups is 1. The van der Waals surface area contributed by atoms with Gasteiger partial charge in [0.1, 0.15) is 5.75 Å². The number of nitrogens with zero attached hydrogens (tertiary/aromatic N) is 1. The molecule has 0 saturated carbocycles. The number of carbonyl (C=O) groups is 1. The third-order valence-electron chi connectivity index (χ3n) is 3.76. The zero-order valence-corrected chi connectivity index (χ0v) is 16.1. The van der Waals surface area contributed by atoms with Crippen LogP contribution in [0.3, 0.4) is 0 Å². The highest BCUT2D eigenvalue weighted by Crippen LogP contribution is 2.14. The minimum atomic E-state index is -0.385. The molecule has 0 fully saturated rings. The van der Waals surface area contributed by atoms with Crippen molar-refractivity contribution in [2.45, 2.75) is 6.92 Å². The average Bonchev–Trinajstić information content (AvgIpc) is 2.70. The maximum Gasteiger partial charge on any atom is 0.343 e. The lowest BCUT2D eigenvalue weighted by Crippen LogP contribution is -2.23. The van der Waals surface area contributed by atoms with E-state index in [-0.39, 0.29) is 5.97 Å². The Morgan fingerprint density at radius 1 is 1.00 bits per heavy atom. The van der Waals surface area contributed by atoms with Gasteiger partial charge in [-0.1, -0.05) is 35.9 Å². The number of anilines is 1. The summed E-state index contributed by atoms with van der Waals surface area (Å²) in [4.78, 5) is 12.2. The van der Waals surface area contributed by atoms with E-state index >= 15 is 0 Å². The number of para-hydroxylation sites is 1. The van der Waals surface area contributed by atoms with Gasteiger partial charge in [0.2, 0.25) is 0 Å². The lowest BCUT2D eigenvalue weighted by molar-refractivity contribution is 0.0734. The summed E-state index contributed by atoms with van der Waals surface area (Å²) in [6.45, 7) is 1.93. The highest BCUT2D eigenvalue weighted by atomic mass is 32.1. The summed E-state index contributed by atoms with van der Waals surface area (Å²) in [7, 11) is 0. The van der Waals surface area contributed by atoms with Gasteiger partial charge in [-0.3, -0.25) is 5.43 Å². The zero-order chi connectivity index (χ0) is 19.8. The number of ether oxygens (including phenoxy) is 1. The van der Waals surface area contributed by atoms with Crippen LogP contribution in [-0.4, -0.2) is 17.3 Å². The number of benzene rings is 3. The Morgan fingerprint density at radius 3 is 2.46 bits per heavy atom. The van der Waals surface area contributed by atoms with Gasteiger partial charge in [0, 0.05) is 5.69 Å². The lowest BCUT2D eigenvalue weighted by Gasteiger charge is -2.06. The molecule has 0 heterocycles. The number of carbonyl (C=O) groups excluding carboxylic acids is 1. The van der Waals surface area contributed by atoms with Gasteiger partial charge in [0.15, 0.2) is 5.11 Å².